The van der Waals surface area contributed by atoms with Crippen LogP contribution in [0.25, 0.3) is 0 Å². The second-order valence-corrected chi connectivity index (χ2v) is 6.43. The maximum Gasteiger partial charge on any atom is 0.239 e. The number of likely N-dealkylation sites (N-methyl/N-ethyl adjacent to an activating group) is 1. The van der Waals surface area contributed by atoms with Gasteiger partial charge in [0.1, 0.15) is 18.5 Å². The van der Waals surface area contributed by atoms with Crippen LogP contribution in [0.4, 0.5) is 0 Å². The molecule has 6 nitrogen and oxygen atoms in total. The summed E-state index contributed by atoms with van der Waals surface area (Å²) in [5, 5.41) is 10.2. The number of hydrogen-bond acceptors (Lipinski definition) is 5. The van der Waals surface area contributed by atoms with Crippen LogP contribution in [0.3, 0.4) is 0 Å². The van der Waals surface area contributed by atoms with Gasteiger partial charge in [-0.15, -0.1) is 0 Å². The zero-order valence-electron chi connectivity index (χ0n) is 14.6. The number of ketones is 1. The molecule has 1 fully saturated rings. The van der Waals surface area contributed by atoms with Crippen molar-refractivity contribution in [1.82, 2.24) is 9.80 Å². The number of ether oxygens (including phenoxy) is 1. The molecular weight excluding hydrogens is 308 g/mol. The normalized spacial score (nSPS) is 19.1. The van der Waals surface area contributed by atoms with E-state index < -0.39 is 6.10 Å². The number of nitrogens with zero attached hydrogens (tertiary/aromatic N) is 2. The smallest absolute Gasteiger partial charge is 0.239 e. The Kier molecular flexibility index (Phi) is 6.34. The number of β-amino-alcohol motifs (C(OH)–C–C–N with tert-alkyl or cyclic N) is 1. The van der Waals surface area contributed by atoms with Crippen LogP contribution in [0, 0.1) is 0 Å². The second-order valence-electron chi connectivity index (χ2n) is 6.43. The number of carbonyl (C=O) groups is 2. The van der Waals surface area contributed by atoms with Crippen molar-refractivity contribution in [3.05, 3.63) is 29.8 Å². The Hall–Kier alpha value is -1.92. The first kappa shape index (κ1) is 18.4. The molecule has 132 valence electrons. The van der Waals surface area contributed by atoms with Crippen LogP contribution >= 0.6 is 0 Å². The van der Waals surface area contributed by atoms with E-state index in [4.69, 9.17) is 4.74 Å². The van der Waals surface area contributed by atoms with E-state index in [2.05, 4.69) is 0 Å². The van der Waals surface area contributed by atoms with Gasteiger partial charge in [0.25, 0.3) is 0 Å². The number of hydrogen-bond donors (Lipinski definition) is 1. The molecule has 2 rings (SSSR count). The molecule has 1 aromatic carbocycles. The van der Waals surface area contributed by atoms with Crippen molar-refractivity contribution >= 4 is 11.7 Å². The van der Waals surface area contributed by atoms with Crippen LogP contribution in [-0.4, -0.2) is 72.5 Å². The van der Waals surface area contributed by atoms with E-state index in [1.807, 2.05) is 4.90 Å². The van der Waals surface area contributed by atoms with Crippen molar-refractivity contribution < 1.29 is 19.4 Å². The SMILES string of the molecule is CC(=O)c1cccc(OCC(O)CN2CCCC2C(=O)N(C)C)c1. The van der Waals surface area contributed by atoms with Crippen LogP contribution in [0.1, 0.15) is 30.1 Å². The fraction of sp³-hybridized carbons (Fsp3) is 0.556. The standard InChI is InChI=1S/C18H26N2O4/c1-13(21)14-6-4-7-16(10-14)24-12-15(22)11-20-9-5-8-17(20)18(23)19(2)3/h4,6-7,10,15,17,22H,5,8-9,11-12H2,1-3H3. The molecule has 1 aliphatic heterocycles. The molecule has 2 atom stereocenters. The van der Waals surface area contributed by atoms with E-state index in [0.717, 1.165) is 19.4 Å². The zero-order valence-corrected chi connectivity index (χ0v) is 14.6. The zero-order chi connectivity index (χ0) is 17.7. The van der Waals surface area contributed by atoms with E-state index in [9.17, 15) is 14.7 Å². The van der Waals surface area contributed by atoms with Crippen molar-refractivity contribution in [3.8, 4) is 5.75 Å². The predicted octanol–water partition coefficient (Wildman–Crippen LogP) is 1.18. The van der Waals surface area contributed by atoms with Gasteiger partial charge in [0, 0.05) is 26.2 Å². The first-order valence-corrected chi connectivity index (χ1v) is 8.25. The van der Waals surface area contributed by atoms with E-state index in [0.29, 0.717) is 17.9 Å². The molecule has 1 heterocycles. The topological polar surface area (TPSA) is 70.1 Å². The van der Waals surface area contributed by atoms with Gasteiger partial charge in [-0.3, -0.25) is 14.5 Å². The van der Waals surface area contributed by atoms with Gasteiger partial charge in [0.2, 0.25) is 5.91 Å². The Morgan fingerprint density at radius 2 is 2.17 bits per heavy atom. The first-order valence-electron chi connectivity index (χ1n) is 8.25. The molecule has 0 spiro atoms. The highest BCUT2D eigenvalue weighted by Crippen LogP contribution is 2.19. The lowest BCUT2D eigenvalue weighted by Crippen LogP contribution is -2.46. The summed E-state index contributed by atoms with van der Waals surface area (Å²) in [6.07, 6.45) is 1.09. The highest BCUT2D eigenvalue weighted by molar-refractivity contribution is 5.94. The minimum Gasteiger partial charge on any atom is -0.491 e. The molecule has 24 heavy (non-hydrogen) atoms. The predicted molar refractivity (Wildman–Crippen MR) is 91.2 cm³/mol. The maximum absolute atomic E-state index is 12.2. The number of carbonyl (C=O) groups excluding carboxylic acids is 2. The molecule has 1 N–H and O–H groups in total. The molecular formula is C18H26N2O4. The summed E-state index contributed by atoms with van der Waals surface area (Å²) in [7, 11) is 3.50. The molecule has 1 aliphatic rings. The van der Waals surface area contributed by atoms with E-state index >= 15 is 0 Å². The number of Topliss-reactive ketones (excluding diaryl/α,β-unsaturated/α-hetero) is 1. The molecule has 0 aliphatic carbocycles. The van der Waals surface area contributed by atoms with Gasteiger partial charge >= 0.3 is 0 Å². The summed E-state index contributed by atoms with van der Waals surface area (Å²) in [6.45, 7) is 2.84. The van der Waals surface area contributed by atoms with E-state index in [1.54, 1.807) is 43.3 Å². The molecule has 0 aromatic heterocycles. The fourth-order valence-electron chi connectivity index (χ4n) is 2.94. The van der Waals surface area contributed by atoms with Crippen LogP contribution in [0.2, 0.25) is 0 Å². The largest absolute Gasteiger partial charge is 0.491 e. The third kappa shape index (κ3) is 4.79. The van der Waals surface area contributed by atoms with Crippen LogP contribution in [0.15, 0.2) is 24.3 Å². The molecule has 1 amide bonds. The number of likely N-dealkylation sites (tertiary alicyclic amines) is 1. The lowest BCUT2D eigenvalue weighted by atomic mass is 10.1. The Bertz CT molecular complexity index is 588. The van der Waals surface area contributed by atoms with Gasteiger partial charge in [-0.25, -0.2) is 0 Å². The molecule has 0 bridgehead atoms. The fourth-order valence-corrected chi connectivity index (χ4v) is 2.94. The molecule has 1 aromatic rings. The maximum atomic E-state index is 12.2. The van der Waals surface area contributed by atoms with Crippen molar-refractivity contribution in [2.75, 3.05) is 33.8 Å². The number of aliphatic hydroxyl groups excluding tert-OH is 1. The minimum atomic E-state index is -0.693. The Balaban J connectivity index is 1.87. The third-order valence-corrected chi connectivity index (χ3v) is 4.22. The summed E-state index contributed by atoms with van der Waals surface area (Å²) in [6, 6.07) is 6.75. The molecule has 1 saturated heterocycles. The summed E-state index contributed by atoms with van der Waals surface area (Å²) < 4.78 is 5.59. The van der Waals surface area contributed by atoms with Gasteiger partial charge in [-0.1, -0.05) is 12.1 Å². The van der Waals surface area contributed by atoms with Crippen LogP contribution in [-0.2, 0) is 4.79 Å². The summed E-state index contributed by atoms with van der Waals surface area (Å²) >= 11 is 0. The van der Waals surface area contributed by atoms with Gasteiger partial charge in [0.15, 0.2) is 5.78 Å². The summed E-state index contributed by atoms with van der Waals surface area (Å²) in [5.74, 6) is 0.613. The van der Waals surface area contributed by atoms with Crippen molar-refractivity contribution in [3.63, 3.8) is 0 Å². The van der Waals surface area contributed by atoms with E-state index in [1.165, 1.54) is 6.92 Å². The molecule has 0 radical (unpaired) electrons. The lowest BCUT2D eigenvalue weighted by Gasteiger charge is -2.27. The monoisotopic (exact) mass is 334 g/mol. The Morgan fingerprint density at radius 1 is 1.42 bits per heavy atom. The average molecular weight is 334 g/mol. The average Bonchev–Trinajstić information content (AvgIpc) is 3.00. The van der Waals surface area contributed by atoms with E-state index in [-0.39, 0.29) is 24.3 Å². The highest BCUT2D eigenvalue weighted by atomic mass is 16.5. The van der Waals surface area contributed by atoms with Gasteiger partial charge in [-0.05, 0) is 38.4 Å². The number of rotatable bonds is 7. The quantitative estimate of drug-likeness (QED) is 0.758. The van der Waals surface area contributed by atoms with Crippen molar-refractivity contribution in [1.29, 1.82) is 0 Å². The second kappa shape index (κ2) is 8.26. The van der Waals surface area contributed by atoms with Crippen LogP contribution < -0.4 is 4.74 Å². The van der Waals surface area contributed by atoms with Crippen molar-refractivity contribution in [2.24, 2.45) is 0 Å². The Labute approximate surface area is 143 Å². The first-order chi connectivity index (χ1) is 11.4. The summed E-state index contributed by atoms with van der Waals surface area (Å²) in [4.78, 5) is 27.1. The third-order valence-electron chi connectivity index (χ3n) is 4.22. The number of aliphatic hydroxyl groups is 1. The van der Waals surface area contributed by atoms with Crippen molar-refractivity contribution in [2.45, 2.75) is 31.9 Å². The Morgan fingerprint density at radius 3 is 2.83 bits per heavy atom. The molecule has 0 saturated carbocycles. The lowest BCUT2D eigenvalue weighted by molar-refractivity contribution is -0.133. The van der Waals surface area contributed by atoms with Gasteiger partial charge in [-0.2, -0.15) is 0 Å². The van der Waals surface area contributed by atoms with Crippen LogP contribution in [0.5, 0.6) is 5.75 Å². The molecule has 2 unspecified atom stereocenters. The minimum absolute atomic E-state index is 0.0249. The van der Waals surface area contributed by atoms with Gasteiger partial charge < -0.3 is 14.7 Å². The van der Waals surface area contributed by atoms with Gasteiger partial charge in [0.05, 0.1) is 6.04 Å². The highest BCUT2D eigenvalue weighted by Gasteiger charge is 2.32. The molecule has 6 heteroatoms. The number of benzene rings is 1. The summed E-state index contributed by atoms with van der Waals surface area (Å²) in [5.41, 5.74) is 0.582. The number of amides is 1.